The van der Waals surface area contributed by atoms with E-state index in [0.717, 1.165) is 49.0 Å². The highest BCUT2D eigenvalue weighted by Crippen LogP contribution is 2.04. The summed E-state index contributed by atoms with van der Waals surface area (Å²) in [6, 6.07) is 4.26. The number of nitriles is 2. The van der Waals surface area contributed by atoms with Crippen molar-refractivity contribution in [1.29, 1.82) is 10.5 Å². The molecule has 2 rings (SSSR count). The normalized spacial score (nSPS) is 9.75. The quantitative estimate of drug-likeness (QED) is 0.815. The minimum Gasteiger partial charge on any atom is -0.334 e. The van der Waals surface area contributed by atoms with Gasteiger partial charge in [0.2, 0.25) is 0 Å². The average Bonchev–Trinajstić information content (AvgIpc) is 3.12. The molecule has 0 atom stereocenters. The van der Waals surface area contributed by atoms with E-state index in [4.69, 9.17) is 10.5 Å². The van der Waals surface area contributed by atoms with E-state index in [1.165, 1.54) is 0 Å². The Kier molecular flexibility index (Phi) is 8.29. The monoisotopic (exact) mass is 326 g/mol. The van der Waals surface area contributed by atoms with Crippen molar-refractivity contribution in [3.05, 3.63) is 35.4 Å². The first-order valence-electron chi connectivity index (χ1n) is 8.34. The average molecular weight is 326 g/mol. The van der Waals surface area contributed by atoms with Gasteiger partial charge in [0.1, 0.15) is 11.6 Å². The van der Waals surface area contributed by atoms with Crippen LogP contribution in [0.3, 0.4) is 0 Å². The number of aryl methyl sites for hydroxylation is 6. The maximum absolute atomic E-state index is 8.41. The van der Waals surface area contributed by atoms with Gasteiger partial charge in [-0.1, -0.05) is 13.8 Å². The molecule has 0 amide bonds. The van der Waals surface area contributed by atoms with E-state index in [0.29, 0.717) is 12.8 Å². The van der Waals surface area contributed by atoms with Gasteiger partial charge < -0.3 is 9.13 Å². The largest absolute Gasteiger partial charge is 0.334 e. The van der Waals surface area contributed by atoms with Gasteiger partial charge in [-0.25, -0.2) is 9.97 Å². The lowest BCUT2D eigenvalue weighted by molar-refractivity contribution is 0.670. The predicted octanol–water partition coefficient (Wildman–Crippen LogP) is 3.34. The van der Waals surface area contributed by atoms with Crippen molar-refractivity contribution in [2.45, 2.75) is 66.5 Å². The van der Waals surface area contributed by atoms with Crippen LogP contribution >= 0.6 is 0 Å². The highest BCUT2D eigenvalue weighted by atomic mass is 15.1. The van der Waals surface area contributed by atoms with E-state index >= 15 is 0 Å². The molecule has 0 aliphatic heterocycles. The van der Waals surface area contributed by atoms with E-state index in [9.17, 15) is 0 Å². The summed E-state index contributed by atoms with van der Waals surface area (Å²) in [6.45, 7) is 9.63. The third-order valence-electron chi connectivity index (χ3n) is 3.52. The Bertz CT molecular complexity index is 649. The Morgan fingerprint density at radius 2 is 1.21 bits per heavy atom. The summed E-state index contributed by atoms with van der Waals surface area (Å²) < 4.78 is 4.11. The van der Waals surface area contributed by atoms with Crippen LogP contribution in [0.4, 0.5) is 0 Å². The Balaban J connectivity index is 0.000000240. The fraction of sp³-hybridized carbons (Fsp3) is 0.556. The molecule has 0 unspecified atom stereocenters. The molecule has 0 aliphatic rings. The molecular formula is C18H26N6. The third kappa shape index (κ3) is 5.89. The fourth-order valence-electron chi connectivity index (χ4n) is 2.49. The molecule has 0 bridgehead atoms. The SMILES string of the molecule is CCc1nc(C)cn1CCC#N.CCc1nc(C)cn1CCC#N. The maximum Gasteiger partial charge on any atom is 0.108 e. The molecule has 0 fully saturated rings. The zero-order valence-electron chi connectivity index (χ0n) is 15.1. The summed E-state index contributed by atoms with van der Waals surface area (Å²) in [5, 5.41) is 16.8. The molecule has 2 aromatic rings. The van der Waals surface area contributed by atoms with Gasteiger partial charge in [-0.2, -0.15) is 10.5 Å². The van der Waals surface area contributed by atoms with Gasteiger partial charge >= 0.3 is 0 Å². The van der Waals surface area contributed by atoms with Gasteiger partial charge in [-0.05, 0) is 13.8 Å². The molecule has 128 valence electrons. The minimum atomic E-state index is 0.558. The Morgan fingerprint density at radius 1 is 0.833 bits per heavy atom. The Morgan fingerprint density at radius 3 is 1.50 bits per heavy atom. The van der Waals surface area contributed by atoms with Gasteiger partial charge in [-0.3, -0.25) is 0 Å². The van der Waals surface area contributed by atoms with Crippen molar-refractivity contribution in [2.24, 2.45) is 0 Å². The molecule has 0 spiro atoms. The van der Waals surface area contributed by atoms with E-state index in [-0.39, 0.29) is 0 Å². The van der Waals surface area contributed by atoms with Crippen molar-refractivity contribution in [3.63, 3.8) is 0 Å². The van der Waals surface area contributed by atoms with E-state index in [2.05, 4.69) is 45.1 Å². The molecule has 6 nitrogen and oxygen atoms in total. The predicted molar refractivity (Wildman–Crippen MR) is 93.1 cm³/mol. The zero-order chi connectivity index (χ0) is 17.9. The van der Waals surface area contributed by atoms with Crippen LogP contribution in [-0.2, 0) is 25.9 Å². The summed E-state index contributed by atoms with van der Waals surface area (Å²) in [6.07, 6.45) is 6.97. The van der Waals surface area contributed by atoms with Gasteiger partial charge in [-0.15, -0.1) is 0 Å². The first-order chi connectivity index (χ1) is 11.5. The van der Waals surface area contributed by atoms with Crippen molar-refractivity contribution in [2.75, 3.05) is 0 Å². The summed E-state index contributed by atoms with van der Waals surface area (Å²) in [4.78, 5) is 8.67. The molecule has 0 aromatic carbocycles. The van der Waals surface area contributed by atoms with Crippen LogP contribution in [0.5, 0.6) is 0 Å². The highest BCUT2D eigenvalue weighted by molar-refractivity contribution is 5.03. The first-order valence-corrected chi connectivity index (χ1v) is 8.34. The van der Waals surface area contributed by atoms with Gasteiger partial charge in [0, 0.05) is 38.3 Å². The smallest absolute Gasteiger partial charge is 0.108 e. The van der Waals surface area contributed by atoms with Crippen molar-refractivity contribution >= 4 is 0 Å². The van der Waals surface area contributed by atoms with Crippen molar-refractivity contribution < 1.29 is 0 Å². The zero-order valence-corrected chi connectivity index (χ0v) is 15.1. The third-order valence-corrected chi connectivity index (χ3v) is 3.52. The summed E-state index contributed by atoms with van der Waals surface area (Å²) >= 11 is 0. The molecule has 6 heteroatoms. The topological polar surface area (TPSA) is 83.2 Å². The van der Waals surface area contributed by atoms with Crippen LogP contribution in [0, 0.1) is 36.5 Å². The second kappa shape index (κ2) is 10.2. The number of rotatable bonds is 6. The summed E-state index contributed by atoms with van der Waals surface area (Å²) in [7, 11) is 0. The summed E-state index contributed by atoms with van der Waals surface area (Å²) in [5.41, 5.74) is 2.06. The molecule has 0 N–H and O–H groups in total. The fourth-order valence-corrected chi connectivity index (χ4v) is 2.49. The lowest BCUT2D eigenvalue weighted by Crippen LogP contribution is -2.00. The van der Waals surface area contributed by atoms with Crippen LogP contribution in [0.25, 0.3) is 0 Å². The van der Waals surface area contributed by atoms with E-state index in [1.54, 1.807) is 0 Å². The van der Waals surface area contributed by atoms with E-state index < -0.39 is 0 Å². The van der Waals surface area contributed by atoms with Crippen LogP contribution in [0.2, 0.25) is 0 Å². The highest BCUT2D eigenvalue weighted by Gasteiger charge is 2.02. The van der Waals surface area contributed by atoms with Crippen molar-refractivity contribution in [3.8, 4) is 12.1 Å². The molecule has 0 aliphatic carbocycles. The molecule has 0 radical (unpaired) electrons. The lowest BCUT2D eigenvalue weighted by Gasteiger charge is -2.01. The lowest BCUT2D eigenvalue weighted by atomic mass is 10.4. The van der Waals surface area contributed by atoms with Gasteiger partial charge in [0.05, 0.1) is 36.4 Å². The molecule has 0 saturated carbocycles. The second-order valence-electron chi connectivity index (χ2n) is 5.51. The Labute approximate surface area is 144 Å². The second-order valence-corrected chi connectivity index (χ2v) is 5.51. The van der Waals surface area contributed by atoms with Gasteiger partial charge in [0.15, 0.2) is 0 Å². The number of aromatic nitrogens is 4. The van der Waals surface area contributed by atoms with Crippen LogP contribution in [0.1, 0.15) is 49.7 Å². The van der Waals surface area contributed by atoms with Crippen LogP contribution < -0.4 is 0 Å². The number of imidazole rings is 2. The van der Waals surface area contributed by atoms with Crippen molar-refractivity contribution in [1.82, 2.24) is 19.1 Å². The number of nitrogens with zero attached hydrogens (tertiary/aromatic N) is 6. The van der Waals surface area contributed by atoms with Gasteiger partial charge in [0.25, 0.3) is 0 Å². The standard InChI is InChI=1S/2C9H13N3/c2*1-3-9-11-8(2)7-12(9)6-4-5-10/h2*7H,3-4,6H2,1-2H3. The number of hydrogen-bond acceptors (Lipinski definition) is 4. The summed E-state index contributed by atoms with van der Waals surface area (Å²) in [5.74, 6) is 2.14. The molecule has 0 saturated heterocycles. The first kappa shape index (κ1) is 19.4. The maximum atomic E-state index is 8.41. The van der Waals surface area contributed by atoms with Crippen LogP contribution in [0.15, 0.2) is 12.4 Å². The Hall–Kier alpha value is -2.60. The molecule has 2 heterocycles. The molecule has 2 aromatic heterocycles. The molecule has 24 heavy (non-hydrogen) atoms. The molecular weight excluding hydrogens is 300 g/mol. The minimum absolute atomic E-state index is 0.558. The van der Waals surface area contributed by atoms with Crippen LogP contribution in [-0.4, -0.2) is 19.1 Å². The van der Waals surface area contributed by atoms with E-state index in [1.807, 2.05) is 26.2 Å². The number of hydrogen-bond donors (Lipinski definition) is 0.